The Morgan fingerprint density at radius 2 is 1.33 bits per heavy atom. The van der Waals surface area contributed by atoms with Crippen LogP contribution in [0.1, 0.15) is 12.8 Å². The summed E-state index contributed by atoms with van der Waals surface area (Å²) < 4.78 is 138. The molecule has 0 radical (unpaired) electrons. The monoisotopic (exact) mass is 394 g/mol. The van der Waals surface area contributed by atoms with Crippen molar-refractivity contribution >= 4 is 15.8 Å². The third kappa shape index (κ3) is 5.01. The molecule has 0 unspecified atom stereocenters. The molecule has 14 heteroatoms. The first-order valence-electron chi connectivity index (χ1n) is 6.04. The van der Waals surface area contributed by atoms with Crippen molar-refractivity contribution in [1.29, 1.82) is 0 Å². The molecular weight excluding hydrogens is 385 g/mol. The van der Waals surface area contributed by atoms with Crippen LogP contribution in [0, 0.1) is 0 Å². The molecule has 0 aromatic rings. The molecule has 1 heterocycles. The van der Waals surface area contributed by atoms with Crippen LogP contribution in [0.25, 0.3) is 0 Å². The quantitative estimate of drug-likeness (QED) is 0.243. The lowest BCUT2D eigenvalue weighted by molar-refractivity contribution is -0.512. The maximum absolute atomic E-state index is 12.9. The molecule has 1 saturated heterocycles. The summed E-state index contributed by atoms with van der Waals surface area (Å²) in [6.45, 7) is -0.578. The van der Waals surface area contributed by atoms with E-state index >= 15 is 0 Å². The van der Waals surface area contributed by atoms with Gasteiger partial charge < -0.3 is 4.18 Å². The van der Waals surface area contributed by atoms with E-state index in [1.54, 1.807) is 0 Å². The standard InChI is InChI=1S/C10H9F9NO3S/c11-8(12,13)6(20-3-1-2-4-20)5-7(9(14,15)16)23-24(21,22)10(17,18)19/h5H,1-4H2/q+1/b7-5-. The summed E-state index contributed by atoms with van der Waals surface area (Å²) in [5.41, 5.74) is -8.17. The van der Waals surface area contributed by atoms with Crippen molar-refractivity contribution in [3.63, 3.8) is 0 Å². The van der Waals surface area contributed by atoms with Crippen molar-refractivity contribution in [2.75, 3.05) is 13.1 Å². The summed E-state index contributed by atoms with van der Waals surface area (Å²) in [4.78, 5) is 0. The van der Waals surface area contributed by atoms with Gasteiger partial charge in [0.25, 0.3) is 5.71 Å². The second-order valence-electron chi connectivity index (χ2n) is 4.57. The van der Waals surface area contributed by atoms with Crippen molar-refractivity contribution in [3.05, 3.63) is 11.8 Å². The van der Waals surface area contributed by atoms with Gasteiger partial charge in [-0.2, -0.15) is 47.9 Å². The average Bonchev–Trinajstić information content (AvgIpc) is 2.82. The number of hydrogen-bond acceptors (Lipinski definition) is 3. The fourth-order valence-corrected chi connectivity index (χ4v) is 2.23. The third-order valence-corrected chi connectivity index (χ3v) is 3.73. The van der Waals surface area contributed by atoms with E-state index in [-0.39, 0.29) is 25.9 Å². The lowest BCUT2D eigenvalue weighted by Gasteiger charge is -2.15. The number of halogens is 9. The van der Waals surface area contributed by atoms with E-state index in [9.17, 15) is 47.9 Å². The van der Waals surface area contributed by atoms with Crippen molar-refractivity contribution in [1.82, 2.24) is 0 Å². The molecule has 1 fully saturated rings. The molecule has 0 aliphatic carbocycles. The van der Waals surface area contributed by atoms with Gasteiger partial charge in [-0.3, -0.25) is 0 Å². The van der Waals surface area contributed by atoms with Crippen LogP contribution in [0.5, 0.6) is 0 Å². The van der Waals surface area contributed by atoms with Crippen LogP contribution in [0.3, 0.4) is 0 Å². The lowest BCUT2D eigenvalue weighted by Crippen LogP contribution is -2.34. The van der Waals surface area contributed by atoms with Crippen LogP contribution >= 0.6 is 0 Å². The highest BCUT2D eigenvalue weighted by molar-refractivity contribution is 7.87. The zero-order valence-electron chi connectivity index (χ0n) is 11.4. The minimum atomic E-state index is -6.78. The zero-order chi connectivity index (χ0) is 19.0. The van der Waals surface area contributed by atoms with E-state index in [1.807, 2.05) is 0 Å². The number of allylic oxidation sites excluding steroid dienone is 2. The minimum absolute atomic E-state index is 0.219. The summed E-state index contributed by atoms with van der Waals surface area (Å²) in [5.74, 6) is -2.93. The second kappa shape index (κ2) is 6.44. The predicted octanol–water partition coefficient (Wildman–Crippen LogP) is 3.11. The number of nitrogens with zero attached hydrogens (tertiary/aromatic N) is 1. The van der Waals surface area contributed by atoms with Gasteiger partial charge in [0.15, 0.2) is 0 Å². The first-order valence-corrected chi connectivity index (χ1v) is 7.45. The van der Waals surface area contributed by atoms with Crippen LogP contribution in [0.2, 0.25) is 0 Å². The van der Waals surface area contributed by atoms with Crippen LogP contribution in [0.15, 0.2) is 11.8 Å². The van der Waals surface area contributed by atoms with Crippen LogP contribution in [0.4, 0.5) is 39.5 Å². The highest BCUT2D eigenvalue weighted by Gasteiger charge is 2.53. The fourth-order valence-electron chi connectivity index (χ4n) is 1.75. The SMILES string of the molecule is O=S(=O)(O/C(=C\C(=[N+]1CCCC1)C(F)(F)F)C(F)(F)F)C(F)(F)F. The summed E-state index contributed by atoms with van der Waals surface area (Å²) >= 11 is 0. The molecule has 1 aliphatic rings. The Kier molecular flexibility index (Phi) is 5.52. The van der Waals surface area contributed by atoms with Crippen molar-refractivity contribution in [2.45, 2.75) is 30.7 Å². The normalized spacial score (nSPS) is 18.0. The van der Waals surface area contributed by atoms with Crippen molar-refractivity contribution in [2.24, 2.45) is 0 Å². The molecule has 140 valence electrons. The average molecular weight is 394 g/mol. The largest absolute Gasteiger partial charge is 0.534 e. The van der Waals surface area contributed by atoms with E-state index in [2.05, 4.69) is 4.18 Å². The molecule has 0 aromatic heterocycles. The number of rotatable bonds is 3. The van der Waals surface area contributed by atoms with Gasteiger partial charge in [0.2, 0.25) is 5.76 Å². The van der Waals surface area contributed by atoms with Gasteiger partial charge in [-0.15, -0.1) is 0 Å². The van der Waals surface area contributed by atoms with E-state index in [0.29, 0.717) is 4.58 Å². The molecule has 0 aromatic carbocycles. The van der Waals surface area contributed by atoms with Gasteiger partial charge in [-0.1, -0.05) is 0 Å². The molecule has 0 spiro atoms. The van der Waals surface area contributed by atoms with E-state index in [0.717, 1.165) is 0 Å². The molecule has 0 bridgehead atoms. The Hall–Kier alpha value is -1.47. The first kappa shape index (κ1) is 20.6. The summed E-state index contributed by atoms with van der Waals surface area (Å²) in [6.07, 6.45) is -11.6. The molecule has 0 N–H and O–H groups in total. The summed E-state index contributed by atoms with van der Waals surface area (Å²) in [6, 6.07) is 0. The maximum Gasteiger partial charge on any atom is 0.534 e. The van der Waals surface area contributed by atoms with Gasteiger partial charge >= 0.3 is 28.0 Å². The Morgan fingerprint density at radius 3 is 1.67 bits per heavy atom. The molecule has 0 saturated carbocycles. The van der Waals surface area contributed by atoms with Gasteiger partial charge in [-0.05, 0) is 0 Å². The molecule has 1 rings (SSSR count). The topological polar surface area (TPSA) is 46.4 Å². The van der Waals surface area contributed by atoms with Gasteiger partial charge in [0, 0.05) is 12.8 Å². The molecule has 4 nitrogen and oxygen atoms in total. The minimum Gasteiger partial charge on any atom is -0.371 e. The Bertz CT molecular complexity index is 632. The highest BCUT2D eigenvalue weighted by atomic mass is 32.2. The Balaban J connectivity index is 3.45. The third-order valence-electron chi connectivity index (χ3n) is 2.77. The van der Waals surface area contributed by atoms with Gasteiger partial charge in [-0.25, -0.2) is 4.58 Å². The van der Waals surface area contributed by atoms with E-state index < -0.39 is 45.5 Å². The van der Waals surface area contributed by atoms with Crippen molar-refractivity contribution in [3.8, 4) is 0 Å². The van der Waals surface area contributed by atoms with Crippen LogP contribution in [-0.4, -0.2) is 49.7 Å². The summed E-state index contributed by atoms with van der Waals surface area (Å²) in [7, 11) is -6.78. The molecule has 24 heavy (non-hydrogen) atoms. The lowest BCUT2D eigenvalue weighted by atomic mass is 10.3. The molecule has 0 atom stereocenters. The number of alkyl halides is 9. The molecular formula is C10H9F9NO3S+. The summed E-state index contributed by atoms with van der Waals surface area (Å²) in [5, 5.41) is 0. The smallest absolute Gasteiger partial charge is 0.371 e. The molecule has 1 aliphatic heterocycles. The predicted molar refractivity (Wildman–Crippen MR) is 60.5 cm³/mol. The second-order valence-corrected chi connectivity index (χ2v) is 6.10. The highest BCUT2D eigenvalue weighted by Crippen LogP contribution is 2.34. The van der Waals surface area contributed by atoms with Crippen LogP contribution < -0.4 is 0 Å². The number of hydrogen-bond donors (Lipinski definition) is 0. The zero-order valence-corrected chi connectivity index (χ0v) is 12.2. The Labute approximate surface area is 129 Å². The Morgan fingerprint density at radius 1 is 0.875 bits per heavy atom. The van der Waals surface area contributed by atoms with Crippen molar-refractivity contribution < 1.29 is 56.7 Å². The van der Waals surface area contributed by atoms with Gasteiger partial charge in [0.1, 0.15) is 13.1 Å². The first-order chi connectivity index (χ1) is 10.6. The molecule has 0 amide bonds. The van der Waals surface area contributed by atoms with E-state index in [4.69, 9.17) is 0 Å². The van der Waals surface area contributed by atoms with Crippen LogP contribution in [-0.2, 0) is 14.3 Å². The van der Waals surface area contributed by atoms with Gasteiger partial charge in [0.05, 0.1) is 6.08 Å². The van der Waals surface area contributed by atoms with E-state index in [1.165, 1.54) is 0 Å². The fraction of sp³-hybridized carbons (Fsp3) is 0.700. The maximum atomic E-state index is 12.9.